The molecule has 2 heterocycles. The lowest BCUT2D eigenvalue weighted by Crippen LogP contribution is -2.56. The third-order valence-electron chi connectivity index (χ3n) is 10.8. The molecule has 6 aromatic rings. The monoisotopic (exact) mass is 815 g/mol. The van der Waals surface area contributed by atoms with Crippen molar-refractivity contribution in [2.24, 2.45) is 0 Å². The van der Waals surface area contributed by atoms with Crippen molar-refractivity contribution in [1.82, 2.24) is 10.2 Å². The van der Waals surface area contributed by atoms with Gasteiger partial charge in [0.15, 0.2) is 11.9 Å². The van der Waals surface area contributed by atoms with E-state index in [1.807, 2.05) is 66.7 Å². The molecule has 0 saturated carbocycles. The normalized spacial score (nSPS) is 16.0. The van der Waals surface area contributed by atoms with E-state index in [1.165, 1.54) is 4.90 Å². The Bertz CT molecular complexity index is 2620. The number of Topliss-reactive ketones (excluding diaryl/α,β-unsaturated/α-hetero) is 1. The number of hydrogen-bond acceptors (Lipinski definition) is 7. The van der Waals surface area contributed by atoms with Crippen LogP contribution in [0.25, 0.3) is 11.1 Å². The lowest BCUT2D eigenvalue weighted by molar-refractivity contribution is -0.142. The van der Waals surface area contributed by atoms with Crippen molar-refractivity contribution in [3.05, 3.63) is 189 Å². The first-order valence-electron chi connectivity index (χ1n) is 19.4. The molecular weight excluding hydrogens is 778 g/mol. The highest BCUT2D eigenvalue weighted by atomic mass is 35.5. The fraction of sp³-hybridized carbons (Fsp3) is 0.163. The minimum absolute atomic E-state index is 0.0115. The molecule has 298 valence electrons. The molecule has 10 nitrogen and oxygen atoms in total. The molecule has 2 aliphatic heterocycles. The van der Waals surface area contributed by atoms with Crippen LogP contribution in [0.5, 0.6) is 11.5 Å². The Hall–Kier alpha value is -7.22. The van der Waals surface area contributed by atoms with Crippen molar-refractivity contribution < 1.29 is 33.8 Å². The van der Waals surface area contributed by atoms with Crippen LogP contribution in [-0.4, -0.2) is 45.7 Å². The smallest absolute Gasteiger partial charge is 0.326 e. The number of nitriles is 1. The van der Waals surface area contributed by atoms with Crippen molar-refractivity contribution in [3.8, 4) is 28.7 Å². The Morgan fingerprint density at radius 1 is 0.833 bits per heavy atom. The number of nitrogens with one attached hydrogen (secondary N) is 1. The largest absolute Gasteiger partial charge is 0.489 e. The second-order valence-electron chi connectivity index (χ2n) is 14.9. The summed E-state index contributed by atoms with van der Waals surface area (Å²) in [5.41, 5.74) is 7.23. The van der Waals surface area contributed by atoms with E-state index in [1.54, 1.807) is 72.8 Å². The first kappa shape index (κ1) is 39.6. The van der Waals surface area contributed by atoms with Gasteiger partial charge in [0.25, 0.3) is 5.91 Å². The van der Waals surface area contributed by atoms with Crippen molar-refractivity contribution in [2.45, 2.75) is 50.6 Å². The van der Waals surface area contributed by atoms with Gasteiger partial charge < -0.3 is 24.8 Å². The summed E-state index contributed by atoms with van der Waals surface area (Å²) < 4.78 is 12.3. The quantitative estimate of drug-likeness (QED) is 0.134. The van der Waals surface area contributed by atoms with E-state index in [4.69, 9.17) is 26.3 Å². The fourth-order valence-corrected chi connectivity index (χ4v) is 7.86. The number of carboxylic acid groups (broad SMARTS) is 1. The summed E-state index contributed by atoms with van der Waals surface area (Å²) >= 11 is 6.10. The molecule has 60 heavy (non-hydrogen) atoms. The average Bonchev–Trinajstić information content (AvgIpc) is 3.27. The number of carbonyl (C=O) groups is 4. The molecule has 0 aromatic heterocycles. The zero-order valence-electron chi connectivity index (χ0n) is 32.2. The number of rotatable bonds is 11. The van der Waals surface area contributed by atoms with Crippen LogP contribution in [0.3, 0.4) is 0 Å². The van der Waals surface area contributed by atoms with E-state index < -0.39 is 30.1 Å². The molecule has 0 aliphatic carbocycles. The molecule has 2 N–H and O–H groups in total. The number of halogens is 1. The molecule has 1 unspecified atom stereocenters. The lowest BCUT2D eigenvalue weighted by Gasteiger charge is -2.37. The highest BCUT2D eigenvalue weighted by Crippen LogP contribution is 2.38. The number of ether oxygens (including phenoxy) is 2. The second kappa shape index (κ2) is 17.3. The van der Waals surface area contributed by atoms with Crippen molar-refractivity contribution >= 4 is 35.2 Å². The topological polar surface area (TPSA) is 146 Å². The molecule has 6 aromatic carbocycles. The van der Waals surface area contributed by atoms with E-state index in [2.05, 4.69) is 11.4 Å². The van der Waals surface area contributed by atoms with E-state index in [9.17, 15) is 24.3 Å². The predicted molar refractivity (Wildman–Crippen MR) is 224 cm³/mol. The molecule has 0 spiro atoms. The molecule has 0 bridgehead atoms. The Morgan fingerprint density at radius 3 is 2.23 bits per heavy atom. The molecule has 2 aliphatic rings. The molecule has 8 rings (SSSR count). The maximum absolute atomic E-state index is 14.2. The van der Waals surface area contributed by atoms with Gasteiger partial charge in [-0.3, -0.25) is 14.4 Å². The second-order valence-corrected chi connectivity index (χ2v) is 15.3. The van der Waals surface area contributed by atoms with Gasteiger partial charge in [0.1, 0.15) is 30.2 Å². The van der Waals surface area contributed by atoms with Crippen LogP contribution in [0.4, 0.5) is 0 Å². The summed E-state index contributed by atoms with van der Waals surface area (Å²) in [6.07, 6.45) is -0.624. The number of fused-ring (bicyclic) bond motifs is 2. The number of amides is 2. The summed E-state index contributed by atoms with van der Waals surface area (Å²) in [5.74, 6) is -1.17. The van der Waals surface area contributed by atoms with Crippen LogP contribution >= 0.6 is 11.6 Å². The molecular formula is C49H38ClN3O7. The molecule has 3 atom stereocenters. The van der Waals surface area contributed by atoms with Gasteiger partial charge >= 0.3 is 5.97 Å². The van der Waals surface area contributed by atoms with Gasteiger partial charge in [0.05, 0.1) is 11.6 Å². The summed E-state index contributed by atoms with van der Waals surface area (Å²) in [4.78, 5) is 55.8. The van der Waals surface area contributed by atoms with Crippen LogP contribution in [-0.2, 0) is 46.8 Å². The minimum Gasteiger partial charge on any atom is -0.489 e. The van der Waals surface area contributed by atoms with Crippen LogP contribution in [0.1, 0.15) is 55.4 Å². The molecule has 0 fully saturated rings. The predicted octanol–water partition coefficient (Wildman–Crippen LogP) is 8.08. The number of benzene rings is 6. The van der Waals surface area contributed by atoms with Crippen molar-refractivity contribution in [1.29, 1.82) is 5.26 Å². The standard InChI is InChI=1S/C49H38ClN3O7/c50-40-8-4-5-32(21-40)29-59-41-19-17-35(18-20-41)46-44(54)25-38-23-37-24-43(53(28-39(37)26-45(38)60-46)48(56)36-6-2-1-3-7-36)47(55)52-42(49(57)58)22-30-9-13-33(14-10-30)34-15-11-31(27-51)12-16-34/h1-21,23,26,42-43,46H,22,24-25,28-29H2,(H,52,55)(H,57,58)/t42-,43-,46?/m0/s1. The zero-order chi connectivity index (χ0) is 41.8. The van der Waals surface area contributed by atoms with Gasteiger partial charge in [0.2, 0.25) is 5.91 Å². The van der Waals surface area contributed by atoms with Gasteiger partial charge in [-0.05, 0) is 88.0 Å². The third kappa shape index (κ3) is 8.77. The van der Waals surface area contributed by atoms with E-state index in [0.717, 1.165) is 27.8 Å². The van der Waals surface area contributed by atoms with Gasteiger partial charge in [-0.1, -0.05) is 96.5 Å². The summed E-state index contributed by atoms with van der Waals surface area (Å²) in [6.45, 7) is 0.393. The van der Waals surface area contributed by atoms with Crippen LogP contribution in [0, 0.1) is 11.3 Å². The first-order valence-corrected chi connectivity index (χ1v) is 19.8. The molecule has 2 amide bonds. The zero-order valence-corrected chi connectivity index (χ0v) is 33.0. The van der Waals surface area contributed by atoms with Gasteiger partial charge in [-0.2, -0.15) is 5.26 Å². The summed E-state index contributed by atoms with van der Waals surface area (Å²) in [5, 5.41) is 22.7. The van der Waals surface area contributed by atoms with Crippen molar-refractivity contribution in [2.75, 3.05) is 0 Å². The Kier molecular flexibility index (Phi) is 11.4. The highest BCUT2D eigenvalue weighted by Gasteiger charge is 2.39. The van der Waals surface area contributed by atoms with Crippen LogP contribution < -0.4 is 14.8 Å². The number of carboxylic acids is 1. The Morgan fingerprint density at radius 2 is 1.55 bits per heavy atom. The van der Waals surface area contributed by atoms with Crippen LogP contribution in [0.15, 0.2) is 140 Å². The number of aliphatic carboxylic acids is 1. The van der Waals surface area contributed by atoms with Gasteiger partial charge in [-0.25, -0.2) is 4.79 Å². The Labute approximate surface area is 351 Å². The summed E-state index contributed by atoms with van der Waals surface area (Å²) in [6, 6.07) is 41.2. The van der Waals surface area contributed by atoms with Gasteiger partial charge in [-0.15, -0.1) is 0 Å². The lowest BCUT2D eigenvalue weighted by atomic mass is 9.87. The SMILES string of the molecule is N#Cc1ccc(-c2ccc(C[C@H](NC(=O)[C@@H]3Cc4cc5c(cc4CN3C(=O)c3ccccc3)OC(c3ccc(OCc4cccc(Cl)c4)cc3)C(=O)C5)C(=O)O)cc2)cc1. The number of carbonyl (C=O) groups excluding carboxylic acids is 3. The number of ketones is 1. The van der Waals surface area contributed by atoms with Crippen LogP contribution in [0.2, 0.25) is 5.02 Å². The number of hydrogen-bond donors (Lipinski definition) is 2. The maximum Gasteiger partial charge on any atom is 0.326 e. The molecule has 0 saturated heterocycles. The minimum atomic E-state index is -1.27. The first-order chi connectivity index (χ1) is 29.1. The van der Waals surface area contributed by atoms with Gasteiger partial charge in [0, 0.05) is 47.5 Å². The Balaban J connectivity index is 0.995. The van der Waals surface area contributed by atoms with E-state index in [0.29, 0.717) is 50.9 Å². The summed E-state index contributed by atoms with van der Waals surface area (Å²) in [7, 11) is 0. The van der Waals surface area contributed by atoms with E-state index >= 15 is 0 Å². The maximum atomic E-state index is 14.2. The molecule has 11 heteroatoms. The fourth-order valence-electron chi connectivity index (χ4n) is 7.64. The third-order valence-corrected chi connectivity index (χ3v) is 11.1. The van der Waals surface area contributed by atoms with Crippen molar-refractivity contribution in [3.63, 3.8) is 0 Å². The highest BCUT2D eigenvalue weighted by molar-refractivity contribution is 6.30. The molecule has 0 radical (unpaired) electrons. The average molecular weight is 816 g/mol. The number of nitrogens with zero attached hydrogens (tertiary/aromatic N) is 2. The van der Waals surface area contributed by atoms with E-state index in [-0.39, 0.29) is 37.5 Å².